The Balaban J connectivity index is 3.63. The van der Waals surface area contributed by atoms with E-state index in [9.17, 15) is 17.1 Å². The average Bonchev–Trinajstić information content (AvgIpc) is 2.17. The number of hydrogen-bond acceptors (Lipinski definition) is 1. The van der Waals surface area contributed by atoms with Gasteiger partial charge in [0, 0.05) is 5.56 Å². The van der Waals surface area contributed by atoms with Gasteiger partial charge in [-0.1, -0.05) is 12.7 Å². The Morgan fingerprint density at radius 1 is 1.14 bits per heavy atom. The molecule has 14 heavy (non-hydrogen) atoms. The van der Waals surface area contributed by atoms with Crippen molar-refractivity contribution in [3.63, 3.8) is 0 Å². The standard InChI is InChI=1S/C9H6F4S/c1-3-5-4(2)6(10)9(14-13)8(12)7(5)11/h3H,1H2,2H3. The lowest BCUT2D eigenvalue weighted by atomic mass is 10.1. The summed E-state index contributed by atoms with van der Waals surface area (Å²) in [5, 5.41) is 0. The van der Waals surface area contributed by atoms with Gasteiger partial charge in [0.05, 0.1) is 12.1 Å². The first kappa shape index (κ1) is 11.1. The molecule has 1 aromatic carbocycles. The molecule has 1 rings (SSSR count). The van der Waals surface area contributed by atoms with Gasteiger partial charge in [-0.25, -0.2) is 13.2 Å². The molecule has 0 amide bonds. The fourth-order valence-electron chi connectivity index (χ4n) is 1.08. The molecule has 1 aromatic rings. The monoisotopic (exact) mass is 222 g/mol. The summed E-state index contributed by atoms with van der Waals surface area (Å²) in [6.45, 7) is 4.45. The van der Waals surface area contributed by atoms with Crippen molar-refractivity contribution in [2.75, 3.05) is 0 Å². The van der Waals surface area contributed by atoms with Gasteiger partial charge in [-0.3, -0.25) is 0 Å². The fraction of sp³-hybridized carbons (Fsp3) is 0.111. The summed E-state index contributed by atoms with van der Waals surface area (Å²) in [5.74, 6) is -3.89. The third-order valence-corrected chi connectivity index (χ3v) is 2.36. The van der Waals surface area contributed by atoms with E-state index >= 15 is 0 Å². The number of benzene rings is 1. The molecular weight excluding hydrogens is 216 g/mol. The molecular formula is C9H6F4S. The van der Waals surface area contributed by atoms with Gasteiger partial charge >= 0.3 is 0 Å². The van der Waals surface area contributed by atoms with Gasteiger partial charge in [0.2, 0.25) is 0 Å². The number of halogens is 4. The minimum Gasteiger partial charge on any atom is -0.205 e. The highest BCUT2D eigenvalue weighted by molar-refractivity contribution is 7.94. The minimum absolute atomic E-state index is 0.154. The molecule has 0 aliphatic carbocycles. The van der Waals surface area contributed by atoms with Crippen LogP contribution in [0.5, 0.6) is 0 Å². The van der Waals surface area contributed by atoms with Crippen LogP contribution in [0.15, 0.2) is 11.5 Å². The number of hydrogen-bond donors (Lipinski definition) is 0. The van der Waals surface area contributed by atoms with Crippen LogP contribution in [-0.4, -0.2) is 0 Å². The molecule has 0 radical (unpaired) electrons. The topological polar surface area (TPSA) is 0 Å². The molecule has 5 heteroatoms. The van der Waals surface area contributed by atoms with Crippen molar-refractivity contribution in [3.05, 3.63) is 35.2 Å². The van der Waals surface area contributed by atoms with Gasteiger partial charge in [-0.2, -0.15) is 3.89 Å². The van der Waals surface area contributed by atoms with Crippen molar-refractivity contribution in [2.45, 2.75) is 11.8 Å². The highest BCUT2D eigenvalue weighted by Crippen LogP contribution is 2.32. The van der Waals surface area contributed by atoms with Gasteiger partial charge in [0.25, 0.3) is 0 Å². The second kappa shape index (κ2) is 4.04. The van der Waals surface area contributed by atoms with Gasteiger partial charge in [-0.15, -0.1) is 0 Å². The quantitative estimate of drug-likeness (QED) is 0.537. The molecule has 0 unspecified atom stereocenters. The van der Waals surface area contributed by atoms with E-state index in [0.717, 1.165) is 6.08 Å². The molecule has 0 heterocycles. The van der Waals surface area contributed by atoms with Crippen LogP contribution >= 0.6 is 12.1 Å². The van der Waals surface area contributed by atoms with E-state index in [1.807, 2.05) is 0 Å². The third kappa shape index (κ3) is 1.52. The van der Waals surface area contributed by atoms with E-state index in [1.165, 1.54) is 6.92 Å². The summed E-state index contributed by atoms with van der Waals surface area (Å²) in [5.41, 5.74) is -0.433. The zero-order valence-corrected chi connectivity index (χ0v) is 8.02. The molecule has 0 aliphatic heterocycles. The van der Waals surface area contributed by atoms with Crippen LogP contribution in [0.4, 0.5) is 17.1 Å². The Bertz CT molecular complexity index is 358. The fourth-order valence-corrected chi connectivity index (χ4v) is 1.46. The van der Waals surface area contributed by atoms with Gasteiger partial charge in [0.1, 0.15) is 10.7 Å². The van der Waals surface area contributed by atoms with Crippen molar-refractivity contribution in [1.82, 2.24) is 0 Å². The van der Waals surface area contributed by atoms with Crippen LogP contribution in [-0.2, 0) is 0 Å². The van der Waals surface area contributed by atoms with Crippen LogP contribution < -0.4 is 0 Å². The van der Waals surface area contributed by atoms with Crippen molar-refractivity contribution >= 4 is 18.2 Å². The zero-order valence-electron chi connectivity index (χ0n) is 7.20. The van der Waals surface area contributed by atoms with Gasteiger partial charge < -0.3 is 0 Å². The molecule has 0 fully saturated rings. The number of rotatable bonds is 2. The molecule has 0 aliphatic rings. The van der Waals surface area contributed by atoms with Crippen molar-refractivity contribution in [3.8, 4) is 0 Å². The summed E-state index contributed by atoms with van der Waals surface area (Å²) in [7, 11) is 0. The molecule has 76 valence electrons. The van der Waals surface area contributed by atoms with Crippen molar-refractivity contribution in [1.29, 1.82) is 0 Å². The highest BCUT2D eigenvalue weighted by Gasteiger charge is 2.21. The Morgan fingerprint density at radius 2 is 1.71 bits per heavy atom. The Hall–Kier alpha value is -0.970. The highest BCUT2D eigenvalue weighted by atomic mass is 32.2. The zero-order chi connectivity index (χ0) is 10.9. The van der Waals surface area contributed by atoms with E-state index in [0.29, 0.717) is 0 Å². The van der Waals surface area contributed by atoms with E-state index < -0.39 is 34.5 Å². The summed E-state index contributed by atoms with van der Waals surface area (Å²) in [6.07, 6.45) is 0.990. The summed E-state index contributed by atoms with van der Waals surface area (Å²) in [6, 6.07) is 0. The molecule has 0 aromatic heterocycles. The second-order valence-electron chi connectivity index (χ2n) is 2.59. The predicted octanol–water partition coefficient (Wildman–Crippen LogP) is 4.03. The normalized spacial score (nSPS) is 10.4. The smallest absolute Gasteiger partial charge is 0.178 e. The first-order valence-corrected chi connectivity index (χ1v) is 4.34. The molecule has 0 atom stereocenters. The molecule has 0 bridgehead atoms. The Kier molecular flexibility index (Phi) is 3.21. The average molecular weight is 222 g/mol. The lowest BCUT2D eigenvalue weighted by Gasteiger charge is -2.08. The largest absolute Gasteiger partial charge is 0.205 e. The molecule has 0 N–H and O–H groups in total. The summed E-state index contributed by atoms with van der Waals surface area (Å²) >= 11 is -0.655. The van der Waals surface area contributed by atoms with E-state index in [2.05, 4.69) is 6.58 Å². The third-order valence-electron chi connectivity index (χ3n) is 1.84. The van der Waals surface area contributed by atoms with Crippen LogP contribution in [0.25, 0.3) is 6.08 Å². The maximum Gasteiger partial charge on any atom is 0.178 e. The predicted molar refractivity (Wildman–Crippen MR) is 48.1 cm³/mol. The SMILES string of the molecule is C=Cc1c(C)c(F)c(SF)c(F)c1F. The molecule has 0 spiro atoms. The molecule has 0 saturated heterocycles. The summed E-state index contributed by atoms with van der Waals surface area (Å²) < 4.78 is 51.3. The van der Waals surface area contributed by atoms with Gasteiger partial charge in [-0.05, 0) is 12.5 Å². The maximum atomic E-state index is 13.2. The first-order valence-electron chi connectivity index (χ1n) is 3.62. The lowest BCUT2D eigenvalue weighted by molar-refractivity contribution is 0.461. The van der Waals surface area contributed by atoms with E-state index in [4.69, 9.17) is 0 Å². The second-order valence-corrected chi connectivity index (χ2v) is 3.15. The first-order chi connectivity index (χ1) is 6.54. The van der Waals surface area contributed by atoms with Crippen LogP contribution in [0, 0.1) is 24.4 Å². The molecule has 0 nitrogen and oxygen atoms in total. The Morgan fingerprint density at radius 3 is 2.14 bits per heavy atom. The van der Waals surface area contributed by atoms with Crippen molar-refractivity contribution < 1.29 is 17.1 Å². The van der Waals surface area contributed by atoms with E-state index in [-0.39, 0.29) is 11.1 Å². The maximum absolute atomic E-state index is 13.2. The van der Waals surface area contributed by atoms with E-state index in [1.54, 1.807) is 0 Å². The summed E-state index contributed by atoms with van der Waals surface area (Å²) in [4.78, 5) is -0.953. The van der Waals surface area contributed by atoms with Crippen LogP contribution in [0.1, 0.15) is 11.1 Å². The minimum atomic E-state index is -1.52. The molecule has 0 saturated carbocycles. The van der Waals surface area contributed by atoms with Crippen LogP contribution in [0.2, 0.25) is 0 Å². The van der Waals surface area contributed by atoms with Crippen molar-refractivity contribution in [2.24, 2.45) is 0 Å². The Labute approximate surface area is 82.9 Å². The lowest BCUT2D eigenvalue weighted by Crippen LogP contribution is -2.00. The van der Waals surface area contributed by atoms with Crippen LogP contribution in [0.3, 0.4) is 0 Å². The van der Waals surface area contributed by atoms with Gasteiger partial charge in [0.15, 0.2) is 11.6 Å².